The number of halogens is 1. The molecule has 0 saturated carbocycles. The van der Waals surface area contributed by atoms with Crippen LogP contribution in [0.3, 0.4) is 0 Å². The smallest absolute Gasteiger partial charge is 0.248 e. The summed E-state index contributed by atoms with van der Waals surface area (Å²) in [4.78, 5) is 13.7. The molecule has 22 heavy (non-hydrogen) atoms. The average Bonchev–Trinajstić information content (AvgIpc) is 2.49. The summed E-state index contributed by atoms with van der Waals surface area (Å²) in [6.45, 7) is 0.934. The number of nitrogens with one attached hydrogen (secondary N) is 1. The number of ether oxygens (including phenoxy) is 2. The zero-order valence-electron chi connectivity index (χ0n) is 12.3. The lowest BCUT2D eigenvalue weighted by molar-refractivity contribution is -0.117. The number of nitrogens with two attached hydrogens (primary N) is 1. The predicted molar refractivity (Wildman–Crippen MR) is 89.2 cm³/mol. The maximum absolute atomic E-state index is 11.8. The predicted octanol–water partition coefficient (Wildman–Crippen LogP) is 1.30. The third-order valence-corrected chi connectivity index (χ3v) is 3.97. The van der Waals surface area contributed by atoms with Crippen LogP contribution in [0.1, 0.15) is 5.56 Å². The highest BCUT2D eigenvalue weighted by atomic mass is 35.5. The van der Waals surface area contributed by atoms with E-state index in [0.29, 0.717) is 40.9 Å². The summed E-state index contributed by atoms with van der Waals surface area (Å²) in [6.07, 6.45) is 1.48. The Balaban J connectivity index is 2.56. The number of carbonyl (C=O) groups is 1. The van der Waals surface area contributed by atoms with Crippen molar-refractivity contribution in [3.63, 3.8) is 0 Å². The minimum absolute atomic E-state index is 0.239. The molecule has 0 fully saturated rings. The van der Waals surface area contributed by atoms with Crippen molar-refractivity contribution >= 4 is 35.8 Å². The van der Waals surface area contributed by atoms with Crippen molar-refractivity contribution in [2.24, 2.45) is 5.73 Å². The van der Waals surface area contributed by atoms with E-state index in [-0.39, 0.29) is 5.91 Å². The lowest BCUT2D eigenvalue weighted by Gasteiger charge is -2.36. The summed E-state index contributed by atoms with van der Waals surface area (Å²) in [6, 6.07) is 3.38. The Morgan fingerprint density at radius 3 is 2.64 bits per heavy atom. The SMILES string of the molecule is COc1cc(OC)c(C2=CC(=O)NC(S)N2CCN)cc1Cl. The minimum atomic E-state index is -0.471. The van der Waals surface area contributed by atoms with Crippen molar-refractivity contribution in [3.8, 4) is 11.5 Å². The molecule has 1 amide bonds. The summed E-state index contributed by atoms with van der Waals surface area (Å²) >= 11 is 10.6. The molecular formula is C14H18ClN3O3S. The molecule has 0 aromatic heterocycles. The van der Waals surface area contributed by atoms with Crippen LogP contribution in [0.25, 0.3) is 5.70 Å². The van der Waals surface area contributed by atoms with Gasteiger partial charge in [-0.25, -0.2) is 0 Å². The van der Waals surface area contributed by atoms with Crippen LogP contribution in [0.15, 0.2) is 18.2 Å². The van der Waals surface area contributed by atoms with Gasteiger partial charge in [0.25, 0.3) is 0 Å². The van der Waals surface area contributed by atoms with E-state index in [4.69, 9.17) is 26.8 Å². The molecule has 2 rings (SSSR count). The van der Waals surface area contributed by atoms with E-state index in [1.165, 1.54) is 13.2 Å². The van der Waals surface area contributed by atoms with Crippen LogP contribution in [0.2, 0.25) is 5.02 Å². The quantitative estimate of drug-likeness (QED) is 0.703. The van der Waals surface area contributed by atoms with Gasteiger partial charge < -0.3 is 25.4 Å². The number of benzene rings is 1. The first-order valence-electron chi connectivity index (χ1n) is 6.60. The van der Waals surface area contributed by atoms with E-state index < -0.39 is 5.50 Å². The molecular weight excluding hydrogens is 326 g/mol. The fourth-order valence-corrected chi connectivity index (χ4v) is 2.87. The van der Waals surface area contributed by atoms with Crippen LogP contribution < -0.4 is 20.5 Å². The van der Waals surface area contributed by atoms with Crippen LogP contribution in [-0.4, -0.2) is 43.6 Å². The van der Waals surface area contributed by atoms with Gasteiger partial charge in [0.05, 0.1) is 24.9 Å². The van der Waals surface area contributed by atoms with Crippen molar-refractivity contribution in [2.75, 3.05) is 27.3 Å². The standard InChI is InChI=1S/C14H18ClN3O3S/c1-20-11-7-12(21-2)9(15)5-8(11)10-6-13(19)17-14(22)18(10)4-3-16/h5-7,14,22H,3-4,16H2,1-2H3,(H,17,19). The molecule has 0 saturated heterocycles. The summed E-state index contributed by atoms with van der Waals surface area (Å²) in [5.74, 6) is 0.804. The molecule has 0 bridgehead atoms. The maximum Gasteiger partial charge on any atom is 0.248 e. The first-order valence-corrected chi connectivity index (χ1v) is 7.50. The zero-order valence-corrected chi connectivity index (χ0v) is 13.9. The molecule has 3 N–H and O–H groups in total. The molecule has 6 nitrogen and oxygen atoms in total. The van der Waals surface area contributed by atoms with Crippen molar-refractivity contribution in [1.29, 1.82) is 0 Å². The summed E-state index contributed by atoms with van der Waals surface area (Å²) in [5.41, 5.74) is 6.50. The number of thiol groups is 1. The van der Waals surface area contributed by atoms with Crippen LogP contribution in [0.4, 0.5) is 0 Å². The molecule has 0 spiro atoms. The maximum atomic E-state index is 11.8. The Labute approximate surface area is 139 Å². The topological polar surface area (TPSA) is 76.8 Å². The first kappa shape index (κ1) is 16.8. The molecule has 1 aliphatic rings. The van der Waals surface area contributed by atoms with E-state index >= 15 is 0 Å². The molecule has 1 heterocycles. The molecule has 1 unspecified atom stereocenters. The Morgan fingerprint density at radius 1 is 1.36 bits per heavy atom. The fraction of sp³-hybridized carbons (Fsp3) is 0.357. The van der Waals surface area contributed by atoms with E-state index in [9.17, 15) is 4.79 Å². The number of nitrogens with zero attached hydrogens (tertiary/aromatic N) is 1. The van der Waals surface area contributed by atoms with Crippen molar-refractivity contribution in [1.82, 2.24) is 10.2 Å². The summed E-state index contributed by atoms with van der Waals surface area (Å²) < 4.78 is 10.6. The van der Waals surface area contributed by atoms with Gasteiger partial charge in [-0.05, 0) is 6.07 Å². The second-order valence-electron chi connectivity index (χ2n) is 4.58. The van der Waals surface area contributed by atoms with Gasteiger partial charge in [-0.2, -0.15) is 0 Å². The van der Waals surface area contributed by atoms with Gasteiger partial charge in [-0.15, -0.1) is 12.6 Å². The molecule has 1 aliphatic heterocycles. The van der Waals surface area contributed by atoms with E-state index in [2.05, 4.69) is 17.9 Å². The normalized spacial score (nSPS) is 17.9. The number of amides is 1. The second kappa shape index (κ2) is 7.13. The van der Waals surface area contributed by atoms with E-state index in [1.54, 1.807) is 19.2 Å². The minimum Gasteiger partial charge on any atom is -0.496 e. The Hall–Kier alpha value is -1.57. The van der Waals surface area contributed by atoms with Gasteiger partial charge in [-0.3, -0.25) is 4.79 Å². The van der Waals surface area contributed by atoms with Crippen molar-refractivity contribution < 1.29 is 14.3 Å². The number of carbonyl (C=O) groups excluding carboxylic acids is 1. The monoisotopic (exact) mass is 343 g/mol. The fourth-order valence-electron chi connectivity index (χ4n) is 2.26. The molecule has 120 valence electrons. The lowest BCUT2D eigenvalue weighted by Crippen LogP contribution is -2.48. The highest BCUT2D eigenvalue weighted by Crippen LogP contribution is 2.38. The highest BCUT2D eigenvalue weighted by Gasteiger charge is 2.27. The molecule has 0 radical (unpaired) electrons. The second-order valence-corrected chi connectivity index (χ2v) is 5.48. The van der Waals surface area contributed by atoms with Gasteiger partial charge in [0.2, 0.25) is 5.91 Å². The molecule has 1 aromatic rings. The highest BCUT2D eigenvalue weighted by molar-refractivity contribution is 7.80. The van der Waals surface area contributed by atoms with Crippen molar-refractivity contribution in [3.05, 3.63) is 28.8 Å². The van der Waals surface area contributed by atoms with E-state index in [0.717, 1.165) is 0 Å². The van der Waals surface area contributed by atoms with Gasteiger partial charge in [0.15, 0.2) is 0 Å². The molecule has 8 heteroatoms. The summed E-state index contributed by atoms with van der Waals surface area (Å²) in [7, 11) is 3.07. The number of rotatable bonds is 5. The third-order valence-electron chi connectivity index (χ3n) is 3.26. The Bertz CT molecular complexity index is 609. The first-order chi connectivity index (χ1) is 10.5. The van der Waals surface area contributed by atoms with Crippen LogP contribution in [-0.2, 0) is 4.79 Å². The third kappa shape index (κ3) is 3.26. The van der Waals surface area contributed by atoms with Gasteiger partial charge >= 0.3 is 0 Å². The molecule has 1 atom stereocenters. The van der Waals surface area contributed by atoms with Crippen LogP contribution >= 0.6 is 24.2 Å². The Kier molecular flexibility index (Phi) is 5.44. The van der Waals surface area contributed by atoms with Crippen LogP contribution in [0, 0.1) is 0 Å². The summed E-state index contributed by atoms with van der Waals surface area (Å²) in [5, 5.41) is 3.13. The van der Waals surface area contributed by atoms with Crippen molar-refractivity contribution in [2.45, 2.75) is 5.50 Å². The number of hydrogen-bond donors (Lipinski definition) is 3. The van der Waals surface area contributed by atoms with Crippen LogP contribution in [0.5, 0.6) is 11.5 Å². The average molecular weight is 344 g/mol. The van der Waals surface area contributed by atoms with Gasteiger partial charge in [0, 0.05) is 30.8 Å². The Morgan fingerprint density at radius 2 is 2.05 bits per heavy atom. The number of hydrogen-bond acceptors (Lipinski definition) is 6. The molecule has 0 aliphatic carbocycles. The van der Waals surface area contributed by atoms with E-state index in [1.807, 2.05) is 4.90 Å². The molecule has 1 aromatic carbocycles. The zero-order chi connectivity index (χ0) is 16.3. The largest absolute Gasteiger partial charge is 0.496 e. The van der Waals surface area contributed by atoms with Gasteiger partial charge in [0.1, 0.15) is 17.0 Å². The number of methoxy groups -OCH3 is 2. The lowest BCUT2D eigenvalue weighted by atomic mass is 10.1. The van der Waals surface area contributed by atoms with Gasteiger partial charge in [-0.1, -0.05) is 11.6 Å².